The van der Waals surface area contributed by atoms with Crippen molar-refractivity contribution in [2.24, 2.45) is 0 Å². The van der Waals surface area contributed by atoms with E-state index in [-0.39, 0.29) is 30.7 Å². The summed E-state index contributed by atoms with van der Waals surface area (Å²) >= 11 is 3.39. The maximum Gasteiger partial charge on any atom is 0.398 e. The molecule has 0 radical (unpaired) electrons. The highest BCUT2D eigenvalue weighted by Gasteiger charge is 2.64. The Morgan fingerprint density at radius 1 is 1.22 bits per heavy atom. The topological polar surface area (TPSA) is 83.6 Å². The molecule has 4 rings (SSSR count). The number of aromatic nitrogens is 3. The Morgan fingerprint density at radius 2 is 1.94 bits per heavy atom. The van der Waals surface area contributed by atoms with E-state index in [1.54, 1.807) is 35.0 Å². The van der Waals surface area contributed by atoms with Gasteiger partial charge in [0.1, 0.15) is 10.7 Å². The number of hydrogen-bond acceptors (Lipinski definition) is 4. The molecule has 0 atom stereocenters. The van der Waals surface area contributed by atoms with Gasteiger partial charge in [0.2, 0.25) is 5.91 Å². The van der Waals surface area contributed by atoms with Crippen molar-refractivity contribution in [2.75, 3.05) is 5.32 Å². The van der Waals surface area contributed by atoms with E-state index < -0.39 is 11.6 Å². The molecule has 1 fully saturated rings. The number of nitrogens with zero attached hydrogens (tertiary/aromatic N) is 4. The van der Waals surface area contributed by atoms with Crippen LogP contribution in [0.3, 0.4) is 0 Å². The van der Waals surface area contributed by atoms with Crippen LogP contribution in [0.5, 0.6) is 0 Å². The molecule has 0 bridgehead atoms. The summed E-state index contributed by atoms with van der Waals surface area (Å²) in [7, 11) is 0. The lowest BCUT2D eigenvalue weighted by Gasteiger charge is -2.19. The minimum Gasteiger partial charge on any atom is -0.309 e. The number of benzene rings is 1. The minimum atomic E-state index is -4.26. The first-order valence-corrected chi connectivity index (χ1v) is 10.5. The van der Waals surface area contributed by atoms with Gasteiger partial charge in [-0.05, 0) is 52.0 Å². The standard InChI is InChI=1S/C22H17BrF3N5O/c23-18-10-19(30-31(18)13-17-6-3-15(11-27)12-28-17)29-20(32)9-14-1-4-16(5-2-14)21(7-8-21)22(24,25)26/h1-6,10,12H,7-9,13H2,(H,29,30,32). The fourth-order valence-corrected chi connectivity index (χ4v) is 3.90. The summed E-state index contributed by atoms with van der Waals surface area (Å²) in [4.78, 5) is 16.6. The molecule has 0 spiro atoms. The Morgan fingerprint density at radius 3 is 2.50 bits per heavy atom. The Labute approximate surface area is 190 Å². The molecule has 6 nitrogen and oxygen atoms in total. The molecule has 1 N–H and O–H groups in total. The average molecular weight is 504 g/mol. The molecule has 1 amide bonds. The van der Waals surface area contributed by atoms with Crippen LogP contribution in [0, 0.1) is 11.3 Å². The van der Waals surface area contributed by atoms with Crippen LogP contribution in [0.4, 0.5) is 19.0 Å². The maximum absolute atomic E-state index is 13.2. The summed E-state index contributed by atoms with van der Waals surface area (Å²) in [5.41, 5.74) is 0.284. The lowest BCUT2D eigenvalue weighted by Crippen LogP contribution is -2.28. The van der Waals surface area contributed by atoms with E-state index in [0.717, 1.165) is 0 Å². The SMILES string of the molecule is N#Cc1ccc(Cn2nc(NC(=O)Cc3ccc(C4(C(F)(F)F)CC4)cc3)cc2Br)nc1. The van der Waals surface area contributed by atoms with Gasteiger partial charge in [0.25, 0.3) is 0 Å². The maximum atomic E-state index is 13.2. The fourth-order valence-electron chi connectivity index (χ4n) is 3.48. The molecular weight excluding hydrogens is 487 g/mol. The summed E-state index contributed by atoms with van der Waals surface area (Å²) in [6, 6.07) is 13.1. The van der Waals surface area contributed by atoms with Crippen molar-refractivity contribution in [1.82, 2.24) is 14.8 Å². The molecule has 1 aliphatic carbocycles. The van der Waals surface area contributed by atoms with Gasteiger partial charge in [-0.1, -0.05) is 24.3 Å². The average Bonchev–Trinajstić information content (AvgIpc) is 3.50. The Bertz CT molecular complexity index is 1180. The molecule has 164 valence electrons. The molecule has 1 aliphatic rings. The van der Waals surface area contributed by atoms with Gasteiger partial charge in [0, 0.05) is 12.3 Å². The number of amides is 1. The molecule has 1 aromatic carbocycles. The van der Waals surface area contributed by atoms with Crippen molar-refractivity contribution in [3.05, 3.63) is 75.6 Å². The highest BCUT2D eigenvalue weighted by Crippen LogP contribution is 2.58. The first kappa shape index (κ1) is 22.0. The zero-order valence-electron chi connectivity index (χ0n) is 16.7. The van der Waals surface area contributed by atoms with Gasteiger partial charge >= 0.3 is 6.18 Å². The first-order valence-electron chi connectivity index (χ1n) is 9.74. The third-order valence-corrected chi connectivity index (χ3v) is 6.07. The molecule has 10 heteroatoms. The van der Waals surface area contributed by atoms with Crippen LogP contribution in [-0.2, 0) is 23.2 Å². The van der Waals surface area contributed by atoms with E-state index in [9.17, 15) is 18.0 Å². The van der Waals surface area contributed by atoms with E-state index in [0.29, 0.717) is 33.8 Å². The van der Waals surface area contributed by atoms with Gasteiger partial charge in [-0.2, -0.15) is 23.5 Å². The zero-order valence-corrected chi connectivity index (χ0v) is 18.2. The smallest absolute Gasteiger partial charge is 0.309 e. The molecule has 1 saturated carbocycles. The number of pyridine rings is 1. The van der Waals surface area contributed by atoms with Crippen molar-refractivity contribution in [2.45, 2.75) is 37.4 Å². The van der Waals surface area contributed by atoms with Crippen LogP contribution in [-0.4, -0.2) is 26.8 Å². The molecule has 0 aliphatic heterocycles. The second kappa shape index (κ2) is 8.39. The largest absolute Gasteiger partial charge is 0.398 e. The zero-order chi connectivity index (χ0) is 22.9. The van der Waals surface area contributed by atoms with Crippen LogP contribution < -0.4 is 5.32 Å². The summed E-state index contributed by atoms with van der Waals surface area (Å²) in [6.45, 7) is 0.338. The van der Waals surface area contributed by atoms with Gasteiger partial charge in [-0.25, -0.2) is 0 Å². The number of nitrogens with one attached hydrogen (secondary N) is 1. The van der Waals surface area contributed by atoms with Crippen molar-refractivity contribution < 1.29 is 18.0 Å². The Balaban J connectivity index is 1.37. The number of hydrogen-bond donors (Lipinski definition) is 1. The fraction of sp³-hybridized carbons (Fsp3) is 0.273. The van der Waals surface area contributed by atoms with E-state index >= 15 is 0 Å². The second-order valence-electron chi connectivity index (χ2n) is 7.66. The summed E-state index contributed by atoms with van der Waals surface area (Å²) in [6.07, 6.45) is -2.56. The van der Waals surface area contributed by atoms with Crippen LogP contribution in [0.15, 0.2) is 53.3 Å². The van der Waals surface area contributed by atoms with E-state index in [2.05, 4.69) is 31.3 Å². The van der Waals surface area contributed by atoms with Gasteiger partial charge in [-0.3, -0.25) is 14.5 Å². The first-order chi connectivity index (χ1) is 15.2. The quantitative estimate of drug-likeness (QED) is 0.526. The molecule has 0 unspecified atom stereocenters. The Kier molecular flexibility index (Phi) is 5.77. The lowest BCUT2D eigenvalue weighted by atomic mass is 9.94. The number of alkyl halides is 3. The van der Waals surface area contributed by atoms with Gasteiger partial charge in [-0.15, -0.1) is 0 Å². The number of anilines is 1. The second-order valence-corrected chi connectivity index (χ2v) is 8.47. The molecular formula is C22H17BrF3N5O. The van der Waals surface area contributed by atoms with Gasteiger partial charge < -0.3 is 5.32 Å². The third-order valence-electron chi connectivity index (χ3n) is 5.43. The van der Waals surface area contributed by atoms with Crippen molar-refractivity contribution >= 4 is 27.7 Å². The predicted molar refractivity (Wildman–Crippen MR) is 114 cm³/mol. The van der Waals surface area contributed by atoms with Crippen molar-refractivity contribution in [3.8, 4) is 6.07 Å². The summed E-state index contributed by atoms with van der Waals surface area (Å²) in [5.74, 6) is 0.00417. The molecule has 3 aromatic rings. The monoisotopic (exact) mass is 503 g/mol. The minimum absolute atomic E-state index is 0.0148. The summed E-state index contributed by atoms with van der Waals surface area (Å²) < 4.78 is 42.0. The Hall–Kier alpha value is -3.19. The number of halogens is 4. The molecule has 2 aromatic heterocycles. The third kappa shape index (κ3) is 4.53. The van der Waals surface area contributed by atoms with Crippen LogP contribution in [0.1, 0.15) is 35.2 Å². The normalized spacial score (nSPS) is 14.6. The number of rotatable bonds is 6. The van der Waals surface area contributed by atoms with Crippen LogP contribution >= 0.6 is 15.9 Å². The van der Waals surface area contributed by atoms with E-state index in [1.807, 2.05) is 6.07 Å². The van der Waals surface area contributed by atoms with E-state index in [1.165, 1.54) is 18.3 Å². The van der Waals surface area contributed by atoms with Gasteiger partial charge in [0.15, 0.2) is 5.82 Å². The van der Waals surface area contributed by atoms with E-state index in [4.69, 9.17) is 5.26 Å². The number of nitriles is 1. The van der Waals surface area contributed by atoms with Crippen molar-refractivity contribution in [3.63, 3.8) is 0 Å². The molecule has 0 saturated heterocycles. The van der Waals surface area contributed by atoms with Crippen LogP contribution in [0.25, 0.3) is 0 Å². The lowest BCUT2D eigenvalue weighted by molar-refractivity contribution is -0.160. The predicted octanol–water partition coefficient (Wildman–Crippen LogP) is 4.74. The molecule has 32 heavy (non-hydrogen) atoms. The highest BCUT2D eigenvalue weighted by molar-refractivity contribution is 9.10. The van der Waals surface area contributed by atoms with Gasteiger partial charge in [0.05, 0.1) is 29.6 Å². The number of carbonyl (C=O) groups excluding carboxylic acids is 1. The highest BCUT2D eigenvalue weighted by atomic mass is 79.9. The molecule has 2 heterocycles. The van der Waals surface area contributed by atoms with Crippen molar-refractivity contribution in [1.29, 1.82) is 5.26 Å². The van der Waals surface area contributed by atoms with Crippen LogP contribution in [0.2, 0.25) is 0 Å². The number of carbonyl (C=O) groups is 1. The summed E-state index contributed by atoms with van der Waals surface area (Å²) in [5, 5.41) is 15.9.